The molecular formula is C14H18BrN3S. The molecule has 0 fully saturated rings. The number of aromatic nitrogens is 2. The van der Waals surface area contributed by atoms with Crippen LogP contribution in [0, 0.1) is 0 Å². The average Bonchev–Trinajstić information content (AvgIpc) is 2.75. The van der Waals surface area contributed by atoms with Crippen LogP contribution in [0.2, 0.25) is 0 Å². The van der Waals surface area contributed by atoms with Crippen LogP contribution < -0.4 is 5.32 Å². The van der Waals surface area contributed by atoms with Crippen molar-refractivity contribution in [2.75, 3.05) is 11.9 Å². The highest BCUT2D eigenvalue weighted by Gasteiger charge is 2.19. The Bertz CT molecular complexity index is 572. The molecule has 2 rings (SSSR count). The van der Waals surface area contributed by atoms with Crippen molar-refractivity contribution in [2.45, 2.75) is 33.1 Å². The predicted molar refractivity (Wildman–Crippen MR) is 85.9 cm³/mol. The van der Waals surface area contributed by atoms with Gasteiger partial charge in [0.05, 0.1) is 14.4 Å². The summed E-state index contributed by atoms with van der Waals surface area (Å²) in [5.74, 6) is 1.68. The lowest BCUT2D eigenvalue weighted by Gasteiger charge is -2.19. The first-order chi connectivity index (χ1) is 8.90. The molecule has 3 nitrogen and oxygen atoms in total. The molecule has 5 heteroatoms. The van der Waals surface area contributed by atoms with Crippen molar-refractivity contribution in [3.8, 4) is 10.7 Å². The molecule has 0 unspecified atom stereocenters. The maximum Gasteiger partial charge on any atom is 0.171 e. The summed E-state index contributed by atoms with van der Waals surface area (Å²) < 4.78 is 1.09. The van der Waals surface area contributed by atoms with Gasteiger partial charge in [-0.1, -0.05) is 20.8 Å². The molecule has 2 aromatic rings. The second-order valence-corrected chi connectivity index (χ2v) is 7.81. The number of nitrogens with one attached hydrogen (secondary N) is 1. The van der Waals surface area contributed by atoms with Crippen molar-refractivity contribution in [1.82, 2.24) is 9.97 Å². The minimum absolute atomic E-state index is 0.0103. The van der Waals surface area contributed by atoms with Gasteiger partial charge in [-0.15, -0.1) is 11.3 Å². The Hall–Kier alpha value is -0.940. The van der Waals surface area contributed by atoms with Gasteiger partial charge in [0.15, 0.2) is 5.82 Å². The lowest BCUT2D eigenvalue weighted by molar-refractivity contribution is 0.568. The summed E-state index contributed by atoms with van der Waals surface area (Å²) in [5, 5.41) is 3.28. The fraction of sp³-hybridized carbons (Fsp3) is 0.429. The molecule has 2 aromatic heterocycles. The first kappa shape index (κ1) is 14.5. The van der Waals surface area contributed by atoms with E-state index >= 15 is 0 Å². The van der Waals surface area contributed by atoms with E-state index in [1.165, 1.54) is 0 Å². The van der Waals surface area contributed by atoms with Crippen molar-refractivity contribution in [3.05, 3.63) is 27.7 Å². The number of rotatable bonds is 3. The third kappa shape index (κ3) is 3.54. The summed E-state index contributed by atoms with van der Waals surface area (Å²) in [4.78, 5) is 10.4. The molecule has 0 aliphatic heterocycles. The van der Waals surface area contributed by atoms with Crippen molar-refractivity contribution in [1.29, 1.82) is 0 Å². The number of anilines is 1. The Morgan fingerprint density at radius 2 is 2.00 bits per heavy atom. The Balaban J connectivity index is 2.51. The Labute approximate surface area is 126 Å². The van der Waals surface area contributed by atoms with Crippen LogP contribution in [0.25, 0.3) is 10.7 Å². The van der Waals surface area contributed by atoms with E-state index in [1.807, 2.05) is 18.2 Å². The van der Waals surface area contributed by atoms with Crippen LogP contribution in [0.1, 0.15) is 33.4 Å². The third-order valence-corrected chi connectivity index (χ3v) is 4.27. The van der Waals surface area contributed by atoms with Gasteiger partial charge in [0.2, 0.25) is 0 Å². The molecule has 2 heterocycles. The highest BCUT2D eigenvalue weighted by atomic mass is 79.9. The zero-order chi connectivity index (χ0) is 14.0. The molecule has 0 atom stereocenters. The number of nitrogens with zero attached hydrogens (tertiary/aromatic N) is 2. The lowest BCUT2D eigenvalue weighted by Crippen LogP contribution is -2.15. The van der Waals surface area contributed by atoms with Crippen LogP contribution in [0.4, 0.5) is 5.82 Å². The number of thiophene rings is 1. The van der Waals surface area contributed by atoms with Crippen LogP contribution in [0.3, 0.4) is 0 Å². The smallest absolute Gasteiger partial charge is 0.171 e. The fourth-order valence-electron chi connectivity index (χ4n) is 1.65. The van der Waals surface area contributed by atoms with E-state index in [-0.39, 0.29) is 5.41 Å². The molecule has 0 radical (unpaired) electrons. The van der Waals surface area contributed by atoms with Crippen LogP contribution in [-0.2, 0) is 5.41 Å². The van der Waals surface area contributed by atoms with Gasteiger partial charge in [0.1, 0.15) is 5.82 Å². The molecule has 0 aliphatic carbocycles. The maximum absolute atomic E-state index is 4.71. The molecule has 0 saturated carbocycles. The van der Waals surface area contributed by atoms with Gasteiger partial charge in [0, 0.05) is 18.0 Å². The van der Waals surface area contributed by atoms with Crippen molar-refractivity contribution in [3.63, 3.8) is 0 Å². The van der Waals surface area contributed by atoms with Gasteiger partial charge in [0.25, 0.3) is 0 Å². The monoisotopic (exact) mass is 339 g/mol. The topological polar surface area (TPSA) is 37.8 Å². The van der Waals surface area contributed by atoms with E-state index in [2.05, 4.69) is 53.9 Å². The Kier molecular flexibility index (Phi) is 4.26. The van der Waals surface area contributed by atoms with Gasteiger partial charge < -0.3 is 5.32 Å². The molecule has 0 saturated heterocycles. The first-order valence-electron chi connectivity index (χ1n) is 6.29. The molecule has 0 spiro atoms. The highest BCUT2D eigenvalue weighted by molar-refractivity contribution is 9.11. The van der Waals surface area contributed by atoms with E-state index in [9.17, 15) is 0 Å². The van der Waals surface area contributed by atoms with Crippen LogP contribution in [0.5, 0.6) is 0 Å². The minimum atomic E-state index is 0.0103. The second-order valence-electron chi connectivity index (χ2n) is 5.35. The molecule has 0 amide bonds. The Morgan fingerprint density at radius 1 is 1.26 bits per heavy atom. The number of hydrogen-bond donors (Lipinski definition) is 1. The quantitative estimate of drug-likeness (QED) is 0.880. The average molecular weight is 340 g/mol. The molecule has 0 aliphatic rings. The van der Waals surface area contributed by atoms with E-state index in [1.54, 1.807) is 11.3 Å². The normalized spacial score (nSPS) is 11.6. The van der Waals surface area contributed by atoms with Gasteiger partial charge in [-0.25, -0.2) is 9.97 Å². The number of hydrogen-bond acceptors (Lipinski definition) is 4. The van der Waals surface area contributed by atoms with Crippen LogP contribution >= 0.6 is 27.3 Å². The van der Waals surface area contributed by atoms with Gasteiger partial charge >= 0.3 is 0 Å². The molecular weight excluding hydrogens is 322 g/mol. The molecule has 19 heavy (non-hydrogen) atoms. The molecule has 1 N–H and O–H groups in total. The number of halogens is 1. The highest BCUT2D eigenvalue weighted by Crippen LogP contribution is 2.31. The van der Waals surface area contributed by atoms with E-state index in [0.717, 1.165) is 32.5 Å². The minimum Gasteiger partial charge on any atom is -0.370 e. The van der Waals surface area contributed by atoms with Crippen molar-refractivity contribution in [2.24, 2.45) is 0 Å². The maximum atomic E-state index is 4.71. The third-order valence-electron chi connectivity index (χ3n) is 2.65. The van der Waals surface area contributed by atoms with Gasteiger partial charge in [-0.2, -0.15) is 0 Å². The summed E-state index contributed by atoms with van der Waals surface area (Å²) in [6, 6.07) is 6.11. The fourth-order valence-corrected chi connectivity index (χ4v) is 2.97. The molecule has 0 bridgehead atoms. The van der Waals surface area contributed by atoms with Crippen molar-refractivity contribution < 1.29 is 0 Å². The lowest BCUT2D eigenvalue weighted by atomic mass is 9.92. The summed E-state index contributed by atoms with van der Waals surface area (Å²) in [6.07, 6.45) is 0. The molecule has 0 aromatic carbocycles. The Morgan fingerprint density at radius 3 is 2.53 bits per heavy atom. The summed E-state index contributed by atoms with van der Waals surface area (Å²) >= 11 is 5.13. The van der Waals surface area contributed by atoms with Gasteiger partial charge in [-0.3, -0.25) is 0 Å². The van der Waals surface area contributed by atoms with Gasteiger partial charge in [-0.05, 0) is 35.0 Å². The van der Waals surface area contributed by atoms with E-state index < -0.39 is 0 Å². The van der Waals surface area contributed by atoms with E-state index in [4.69, 9.17) is 4.98 Å². The summed E-state index contributed by atoms with van der Waals surface area (Å²) in [5.41, 5.74) is 1.06. The van der Waals surface area contributed by atoms with Crippen LogP contribution in [0.15, 0.2) is 22.0 Å². The summed E-state index contributed by atoms with van der Waals surface area (Å²) in [7, 11) is 0. The predicted octanol–water partition coefficient (Wildman–Crippen LogP) is 4.70. The standard InChI is InChI=1S/C14H18BrN3S/c1-5-16-12-8-10(14(2,3)4)17-13(18-12)9-6-7-11(15)19-9/h6-8H,5H2,1-4H3,(H,16,17,18). The first-order valence-corrected chi connectivity index (χ1v) is 7.90. The second kappa shape index (κ2) is 5.59. The molecule has 102 valence electrons. The zero-order valence-electron chi connectivity index (χ0n) is 11.6. The summed E-state index contributed by atoms with van der Waals surface area (Å²) in [6.45, 7) is 9.42. The largest absolute Gasteiger partial charge is 0.370 e. The van der Waals surface area contributed by atoms with Crippen LogP contribution in [-0.4, -0.2) is 16.5 Å². The van der Waals surface area contributed by atoms with Crippen molar-refractivity contribution >= 4 is 33.1 Å². The zero-order valence-corrected chi connectivity index (χ0v) is 14.0. The van der Waals surface area contributed by atoms with E-state index in [0.29, 0.717) is 0 Å². The SMILES string of the molecule is CCNc1cc(C(C)(C)C)nc(-c2ccc(Br)s2)n1.